The number of ketones is 1. The van der Waals surface area contributed by atoms with Crippen molar-refractivity contribution in [1.29, 1.82) is 0 Å². The van der Waals surface area contributed by atoms with Crippen LogP contribution in [0.5, 0.6) is 0 Å². The Balaban J connectivity index is 2.26. The maximum Gasteiger partial charge on any atom is 0.210 e. The van der Waals surface area contributed by atoms with Gasteiger partial charge in [-0.05, 0) is 49.0 Å². The lowest BCUT2D eigenvalue weighted by molar-refractivity contribution is 0.0177. The lowest BCUT2D eigenvalue weighted by atomic mass is 10.0. The van der Waals surface area contributed by atoms with Crippen molar-refractivity contribution in [2.75, 3.05) is 6.61 Å². The van der Waals surface area contributed by atoms with Crippen LogP contribution in [0.2, 0.25) is 0 Å². The second-order valence-corrected chi connectivity index (χ2v) is 5.45. The normalized spacial score (nSPS) is 20.8. The first kappa shape index (κ1) is 12.8. The van der Waals surface area contributed by atoms with E-state index in [-0.39, 0.29) is 17.9 Å². The first-order chi connectivity index (χ1) is 8.11. The minimum absolute atomic E-state index is 0.0442. The molecule has 1 fully saturated rings. The Morgan fingerprint density at radius 1 is 1.59 bits per heavy atom. The fraction of sp³-hybridized carbons (Fsp3) is 0.667. The van der Waals surface area contributed by atoms with Crippen LogP contribution in [0.25, 0.3) is 0 Å². The molecule has 0 saturated carbocycles. The Labute approximate surface area is 109 Å². The quantitative estimate of drug-likeness (QED) is 0.806. The molecular formula is C12H17BrN2O2. The van der Waals surface area contributed by atoms with Crippen LogP contribution in [0.1, 0.15) is 49.6 Å². The third-order valence-corrected chi connectivity index (χ3v) is 3.53. The van der Waals surface area contributed by atoms with E-state index < -0.39 is 0 Å². The predicted octanol–water partition coefficient (Wildman–Crippen LogP) is 2.98. The van der Waals surface area contributed by atoms with Gasteiger partial charge in [0.1, 0.15) is 11.8 Å². The van der Waals surface area contributed by atoms with Crippen LogP contribution < -0.4 is 0 Å². The molecule has 1 aliphatic rings. The summed E-state index contributed by atoms with van der Waals surface area (Å²) >= 11 is 3.39. The van der Waals surface area contributed by atoms with Crippen molar-refractivity contribution in [3.05, 3.63) is 16.4 Å². The number of aromatic nitrogens is 2. The van der Waals surface area contributed by atoms with Crippen molar-refractivity contribution in [1.82, 2.24) is 9.78 Å². The fourth-order valence-electron chi connectivity index (χ4n) is 2.06. The standard InChI is InChI=1S/C12H17BrN2O2/c1-8(2)15-11(9(13)7-14-15)12(16)10-5-3-4-6-17-10/h7-8,10H,3-6H2,1-2H3. The summed E-state index contributed by atoms with van der Waals surface area (Å²) in [5.41, 5.74) is 0.631. The van der Waals surface area contributed by atoms with Gasteiger partial charge in [-0.25, -0.2) is 0 Å². The van der Waals surface area contributed by atoms with Gasteiger partial charge in [0.25, 0.3) is 0 Å². The van der Waals surface area contributed by atoms with Gasteiger partial charge >= 0.3 is 0 Å². The number of carbonyl (C=O) groups is 1. The van der Waals surface area contributed by atoms with Gasteiger partial charge in [0.2, 0.25) is 5.78 Å². The highest BCUT2D eigenvalue weighted by molar-refractivity contribution is 9.10. The average molecular weight is 301 g/mol. The molecule has 4 nitrogen and oxygen atoms in total. The lowest BCUT2D eigenvalue weighted by Gasteiger charge is -2.22. The summed E-state index contributed by atoms with van der Waals surface area (Å²) in [5, 5.41) is 4.22. The second-order valence-electron chi connectivity index (χ2n) is 4.60. The molecule has 1 aromatic rings. The Morgan fingerprint density at radius 2 is 2.35 bits per heavy atom. The molecule has 2 rings (SSSR count). The van der Waals surface area contributed by atoms with E-state index >= 15 is 0 Å². The molecule has 0 bridgehead atoms. The molecule has 1 atom stereocenters. The molecule has 0 N–H and O–H groups in total. The van der Waals surface area contributed by atoms with E-state index in [9.17, 15) is 4.79 Å². The number of hydrogen-bond acceptors (Lipinski definition) is 3. The number of halogens is 1. The maximum atomic E-state index is 12.4. The van der Waals surface area contributed by atoms with Gasteiger partial charge in [-0.1, -0.05) is 0 Å². The highest BCUT2D eigenvalue weighted by atomic mass is 79.9. The van der Waals surface area contributed by atoms with E-state index in [0.717, 1.165) is 23.7 Å². The molecule has 0 radical (unpaired) electrons. The largest absolute Gasteiger partial charge is 0.370 e. The molecule has 5 heteroatoms. The smallest absolute Gasteiger partial charge is 0.210 e. The molecular weight excluding hydrogens is 284 g/mol. The Kier molecular flexibility index (Phi) is 3.99. The predicted molar refractivity (Wildman–Crippen MR) is 68.2 cm³/mol. The monoisotopic (exact) mass is 300 g/mol. The van der Waals surface area contributed by atoms with Gasteiger partial charge in [0.15, 0.2) is 0 Å². The summed E-state index contributed by atoms with van der Waals surface area (Å²) in [6.07, 6.45) is 4.30. The third kappa shape index (κ3) is 2.60. The van der Waals surface area contributed by atoms with Gasteiger partial charge in [0.05, 0.1) is 10.7 Å². The number of ether oxygens (including phenoxy) is 1. The SMILES string of the molecule is CC(C)n1ncc(Br)c1C(=O)C1CCCCO1. The van der Waals surface area contributed by atoms with Gasteiger partial charge in [-0.15, -0.1) is 0 Å². The average Bonchev–Trinajstić information content (AvgIpc) is 2.71. The van der Waals surface area contributed by atoms with E-state index in [1.165, 1.54) is 0 Å². The summed E-state index contributed by atoms with van der Waals surface area (Å²) < 4.78 is 8.05. The molecule has 0 aliphatic carbocycles. The van der Waals surface area contributed by atoms with E-state index in [1.807, 2.05) is 13.8 Å². The number of nitrogens with zero attached hydrogens (tertiary/aromatic N) is 2. The summed E-state index contributed by atoms with van der Waals surface area (Å²) in [6.45, 7) is 4.71. The van der Waals surface area contributed by atoms with Crippen LogP contribution in [-0.4, -0.2) is 28.3 Å². The zero-order valence-corrected chi connectivity index (χ0v) is 11.7. The van der Waals surface area contributed by atoms with Crippen molar-refractivity contribution >= 4 is 21.7 Å². The van der Waals surface area contributed by atoms with E-state index in [1.54, 1.807) is 10.9 Å². The minimum atomic E-state index is -0.297. The van der Waals surface area contributed by atoms with Crippen molar-refractivity contribution in [3.63, 3.8) is 0 Å². The van der Waals surface area contributed by atoms with E-state index in [0.29, 0.717) is 12.3 Å². The first-order valence-corrected chi connectivity index (χ1v) is 6.79. The van der Waals surface area contributed by atoms with Crippen molar-refractivity contribution in [2.24, 2.45) is 0 Å². The molecule has 2 heterocycles. The first-order valence-electron chi connectivity index (χ1n) is 6.00. The lowest BCUT2D eigenvalue weighted by Crippen LogP contribution is -2.30. The van der Waals surface area contributed by atoms with Crippen LogP contribution in [0.4, 0.5) is 0 Å². The van der Waals surface area contributed by atoms with Crippen LogP contribution in [0, 0.1) is 0 Å². The summed E-state index contributed by atoms with van der Waals surface area (Å²) in [5.74, 6) is 0.0442. The van der Waals surface area contributed by atoms with E-state index in [2.05, 4.69) is 21.0 Å². The molecule has 1 aliphatic heterocycles. The topological polar surface area (TPSA) is 44.1 Å². The minimum Gasteiger partial charge on any atom is -0.370 e. The Bertz CT molecular complexity index is 409. The molecule has 17 heavy (non-hydrogen) atoms. The van der Waals surface area contributed by atoms with Crippen molar-refractivity contribution in [2.45, 2.75) is 45.3 Å². The zero-order chi connectivity index (χ0) is 12.4. The van der Waals surface area contributed by atoms with E-state index in [4.69, 9.17) is 4.74 Å². The van der Waals surface area contributed by atoms with Crippen molar-refractivity contribution in [3.8, 4) is 0 Å². The molecule has 94 valence electrons. The molecule has 1 saturated heterocycles. The fourth-order valence-corrected chi connectivity index (χ4v) is 2.53. The Morgan fingerprint density at radius 3 is 2.94 bits per heavy atom. The molecule has 1 unspecified atom stereocenters. The third-order valence-electron chi connectivity index (χ3n) is 2.95. The number of Topliss-reactive ketones (excluding diaryl/α,β-unsaturated/α-hetero) is 1. The molecule has 1 aromatic heterocycles. The van der Waals surface area contributed by atoms with Crippen molar-refractivity contribution < 1.29 is 9.53 Å². The van der Waals surface area contributed by atoms with Gasteiger partial charge in [0, 0.05) is 12.6 Å². The zero-order valence-electron chi connectivity index (χ0n) is 10.1. The van der Waals surface area contributed by atoms with Gasteiger partial charge in [-0.3, -0.25) is 9.48 Å². The molecule has 0 amide bonds. The van der Waals surface area contributed by atoms with Gasteiger partial charge in [-0.2, -0.15) is 5.10 Å². The van der Waals surface area contributed by atoms with Crippen LogP contribution >= 0.6 is 15.9 Å². The number of rotatable bonds is 3. The van der Waals surface area contributed by atoms with Crippen LogP contribution in [-0.2, 0) is 4.74 Å². The maximum absolute atomic E-state index is 12.4. The second kappa shape index (κ2) is 5.31. The van der Waals surface area contributed by atoms with Gasteiger partial charge < -0.3 is 4.74 Å². The van der Waals surface area contributed by atoms with Crippen LogP contribution in [0.3, 0.4) is 0 Å². The van der Waals surface area contributed by atoms with Crippen LogP contribution in [0.15, 0.2) is 10.7 Å². The summed E-state index contributed by atoms with van der Waals surface area (Å²) in [4.78, 5) is 12.4. The summed E-state index contributed by atoms with van der Waals surface area (Å²) in [7, 11) is 0. The molecule has 0 aromatic carbocycles. The number of carbonyl (C=O) groups excluding carboxylic acids is 1. The number of hydrogen-bond donors (Lipinski definition) is 0. The summed E-state index contributed by atoms with van der Waals surface area (Å²) in [6, 6.07) is 0.170. The highest BCUT2D eigenvalue weighted by Crippen LogP contribution is 2.24. The molecule has 0 spiro atoms. The highest BCUT2D eigenvalue weighted by Gasteiger charge is 2.28. The Hall–Kier alpha value is -0.680.